The Balaban J connectivity index is 1.20. The molecule has 4 heterocycles. The lowest BCUT2D eigenvalue weighted by atomic mass is 9.84. The van der Waals surface area contributed by atoms with Crippen LogP contribution in [0.25, 0.3) is 16.6 Å². The molecule has 0 saturated carbocycles. The van der Waals surface area contributed by atoms with E-state index in [0.29, 0.717) is 46.8 Å². The van der Waals surface area contributed by atoms with E-state index in [1.54, 1.807) is 47.9 Å². The average molecular weight is 703 g/mol. The lowest BCUT2D eigenvalue weighted by Crippen LogP contribution is -2.62. The van der Waals surface area contributed by atoms with Gasteiger partial charge in [-0.15, -0.1) is 0 Å². The maximum atomic E-state index is 14.1. The molecule has 2 bridgehead atoms. The number of quaternary nitrogens is 1. The van der Waals surface area contributed by atoms with Gasteiger partial charge in [0.2, 0.25) is 5.43 Å². The van der Waals surface area contributed by atoms with E-state index in [1.807, 2.05) is 0 Å². The second-order valence-corrected chi connectivity index (χ2v) is 13.7. The van der Waals surface area contributed by atoms with Gasteiger partial charge in [-0.3, -0.25) is 14.4 Å². The maximum Gasteiger partial charge on any atom is 0.263 e. The van der Waals surface area contributed by atoms with E-state index in [9.17, 15) is 23.2 Å². The van der Waals surface area contributed by atoms with Crippen molar-refractivity contribution in [2.45, 2.75) is 51.9 Å². The van der Waals surface area contributed by atoms with E-state index in [-0.39, 0.29) is 23.2 Å². The van der Waals surface area contributed by atoms with Crippen molar-refractivity contribution in [1.82, 2.24) is 4.57 Å². The van der Waals surface area contributed by atoms with Crippen LogP contribution < -0.4 is 24.5 Å². The van der Waals surface area contributed by atoms with Crippen molar-refractivity contribution in [3.8, 4) is 22.9 Å². The van der Waals surface area contributed by atoms with Gasteiger partial charge in [0, 0.05) is 72.9 Å². The normalized spacial score (nSPS) is 18.2. The standard InChI is InChI=1S/C40H46F2N3O6/c1-4-43(30-19-28(41)18-29(42)20-30)40(48)36-25-44(31-21-33(49-2)23-34(22-31)50-3)37-24-32(10-11-35(37)39(36)47)51-17-9-7-5-6-8-14-45-15-12-27(13-16-45)38(46)26-45/h10-11,18-25,27H,4-9,12-17,26H2,1-3H3/q+1. The quantitative estimate of drug-likeness (QED) is 0.0972. The largest absolute Gasteiger partial charge is 0.497 e. The summed E-state index contributed by atoms with van der Waals surface area (Å²) in [5, 5.41) is 0.266. The molecular formula is C40H46F2N3O6+. The third-order valence-electron chi connectivity index (χ3n) is 10.4. The summed E-state index contributed by atoms with van der Waals surface area (Å²) in [5.41, 5.74) is 0.366. The Morgan fingerprint density at radius 2 is 1.53 bits per heavy atom. The fourth-order valence-corrected chi connectivity index (χ4v) is 7.60. The number of halogens is 2. The van der Waals surface area contributed by atoms with Gasteiger partial charge >= 0.3 is 0 Å². The zero-order chi connectivity index (χ0) is 36.1. The zero-order valence-corrected chi connectivity index (χ0v) is 29.6. The maximum absolute atomic E-state index is 14.1. The van der Waals surface area contributed by atoms with Crippen LogP contribution in [0.1, 0.15) is 62.2 Å². The first-order valence-corrected chi connectivity index (χ1v) is 17.8. The Hall–Kier alpha value is -4.77. The number of nitrogens with zero attached hydrogens (tertiary/aromatic N) is 3. The van der Waals surface area contributed by atoms with Crippen LogP contribution in [0.5, 0.6) is 17.2 Å². The van der Waals surface area contributed by atoms with Gasteiger partial charge in [-0.25, -0.2) is 8.78 Å². The molecule has 0 unspecified atom stereocenters. The van der Waals surface area contributed by atoms with E-state index < -0.39 is 23.0 Å². The van der Waals surface area contributed by atoms with Crippen LogP contribution >= 0.6 is 0 Å². The fraction of sp³-hybridized carbons (Fsp3) is 0.425. The summed E-state index contributed by atoms with van der Waals surface area (Å²) in [6.07, 6.45) is 8.83. The number of carbonyl (C=O) groups excluding carboxylic acids is 2. The van der Waals surface area contributed by atoms with Crippen LogP contribution in [0.4, 0.5) is 14.5 Å². The Morgan fingerprint density at radius 1 is 0.863 bits per heavy atom. The highest BCUT2D eigenvalue weighted by atomic mass is 19.1. The van der Waals surface area contributed by atoms with Crippen LogP contribution in [-0.4, -0.2) is 74.3 Å². The Bertz CT molecular complexity index is 1930. The van der Waals surface area contributed by atoms with Crippen LogP contribution in [0.15, 0.2) is 65.6 Å². The summed E-state index contributed by atoms with van der Waals surface area (Å²) in [4.78, 5) is 41.3. The minimum atomic E-state index is -0.831. The molecule has 0 spiro atoms. The molecular weight excluding hydrogens is 656 g/mol. The molecule has 1 aromatic heterocycles. The lowest BCUT2D eigenvalue weighted by Gasteiger charge is -2.48. The number of piperidine rings is 3. The number of methoxy groups -OCH3 is 2. The molecule has 0 N–H and O–H groups in total. The molecule has 51 heavy (non-hydrogen) atoms. The first kappa shape index (κ1) is 36.0. The van der Waals surface area contributed by atoms with Crippen molar-refractivity contribution in [3.05, 3.63) is 88.2 Å². The van der Waals surface area contributed by atoms with Crippen molar-refractivity contribution in [2.75, 3.05) is 58.5 Å². The minimum Gasteiger partial charge on any atom is -0.497 e. The first-order valence-electron chi connectivity index (χ1n) is 17.8. The van der Waals surface area contributed by atoms with Crippen LogP contribution in [0.2, 0.25) is 0 Å². The summed E-state index contributed by atoms with van der Waals surface area (Å²) < 4.78 is 48.1. The highest BCUT2D eigenvalue weighted by Gasteiger charge is 2.44. The van der Waals surface area contributed by atoms with E-state index in [0.717, 1.165) is 93.8 Å². The number of rotatable bonds is 15. The summed E-state index contributed by atoms with van der Waals surface area (Å²) in [6.45, 7) is 6.37. The predicted molar refractivity (Wildman–Crippen MR) is 192 cm³/mol. The molecule has 0 radical (unpaired) electrons. The number of hydrogen-bond acceptors (Lipinski definition) is 6. The minimum absolute atomic E-state index is 0.00403. The van der Waals surface area contributed by atoms with Gasteiger partial charge in [0.1, 0.15) is 41.0 Å². The van der Waals surface area contributed by atoms with Crippen molar-refractivity contribution >= 4 is 28.3 Å². The second-order valence-electron chi connectivity index (χ2n) is 13.7. The van der Waals surface area contributed by atoms with E-state index in [2.05, 4.69) is 0 Å². The summed E-state index contributed by atoms with van der Waals surface area (Å²) in [5.74, 6) is 0.00441. The number of pyridine rings is 1. The third-order valence-corrected chi connectivity index (χ3v) is 10.4. The number of Topliss-reactive ketones (excluding diaryl/α,β-unsaturated/α-hetero) is 1. The number of ether oxygens (including phenoxy) is 3. The molecule has 3 saturated heterocycles. The van der Waals surface area contributed by atoms with Gasteiger partial charge in [0.05, 0.1) is 51.7 Å². The molecule has 3 aromatic carbocycles. The summed E-state index contributed by atoms with van der Waals surface area (Å²) in [6, 6.07) is 13.2. The van der Waals surface area contributed by atoms with Gasteiger partial charge < -0.3 is 28.2 Å². The van der Waals surface area contributed by atoms with Crippen LogP contribution in [0.3, 0.4) is 0 Å². The number of hydrogen-bond donors (Lipinski definition) is 0. The first-order chi connectivity index (χ1) is 24.6. The number of benzene rings is 3. The number of carbonyl (C=O) groups is 2. The summed E-state index contributed by atoms with van der Waals surface area (Å²) in [7, 11) is 3.06. The van der Waals surface area contributed by atoms with Gasteiger partial charge in [-0.1, -0.05) is 12.8 Å². The number of anilines is 1. The molecule has 1 amide bonds. The van der Waals surface area contributed by atoms with E-state index in [4.69, 9.17) is 14.2 Å². The third kappa shape index (κ3) is 7.93. The number of aromatic nitrogens is 1. The smallest absolute Gasteiger partial charge is 0.263 e. The van der Waals surface area contributed by atoms with Crippen molar-refractivity contribution in [3.63, 3.8) is 0 Å². The van der Waals surface area contributed by atoms with E-state index in [1.165, 1.54) is 25.3 Å². The van der Waals surface area contributed by atoms with Crippen molar-refractivity contribution in [1.29, 1.82) is 0 Å². The molecule has 3 aliphatic rings. The van der Waals surface area contributed by atoms with Crippen molar-refractivity contribution < 1.29 is 37.1 Å². The van der Waals surface area contributed by atoms with Gasteiger partial charge in [0.25, 0.3) is 5.91 Å². The van der Waals surface area contributed by atoms with Gasteiger partial charge in [-0.2, -0.15) is 0 Å². The Morgan fingerprint density at radius 3 is 2.18 bits per heavy atom. The average Bonchev–Trinajstić information content (AvgIpc) is 3.12. The van der Waals surface area contributed by atoms with Gasteiger partial charge in [0.15, 0.2) is 5.78 Å². The number of fused-ring (bicyclic) bond motifs is 4. The summed E-state index contributed by atoms with van der Waals surface area (Å²) >= 11 is 0. The van der Waals surface area contributed by atoms with E-state index >= 15 is 0 Å². The monoisotopic (exact) mass is 702 g/mol. The van der Waals surface area contributed by atoms with Crippen LogP contribution in [-0.2, 0) is 4.79 Å². The Kier molecular flexibility index (Phi) is 11.0. The molecule has 11 heteroatoms. The van der Waals surface area contributed by atoms with Crippen molar-refractivity contribution in [2.24, 2.45) is 5.92 Å². The van der Waals surface area contributed by atoms with Crippen LogP contribution in [0, 0.1) is 17.6 Å². The molecule has 0 atom stereocenters. The molecule has 270 valence electrons. The molecule has 7 rings (SSSR count). The SMILES string of the molecule is CCN(C(=O)c1cn(-c2cc(OC)cc(OC)c2)c2cc(OCCCCCCC[N+]34CCC(CC3)C(=O)C4)ccc2c1=O)c1cc(F)cc(F)c1. The highest BCUT2D eigenvalue weighted by molar-refractivity contribution is 6.07. The number of ketones is 1. The number of unbranched alkanes of at least 4 members (excludes halogenated alkanes) is 4. The lowest BCUT2D eigenvalue weighted by molar-refractivity contribution is -0.931. The molecule has 4 aromatic rings. The van der Waals surface area contributed by atoms with Gasteiger partial charge in [-0.05, 0) is 50.5 Å². The topological polar surface area (TPSA) is 87.1 Å². The fourth-order valence-electron chi connectivity index (χ4n) is 7.60. The molecule has 9 nitrogen and oxygen atoms in total. The highest BCUT2D eigenvalue weighted by Crippen LogP contribution is 2.32. The Labute approximate surface area is 296 Å². The predicted octanol–water partition coefficient (Wildman–Crippen LogP) is 7.09. The zero-order valence-electron chi connectivity index (χ0n) is 29.6. The second kappa shape index (κ2) is 15.6. The molecule has 0 aliphatic carbocycles. The molecule has 3 fully saturated rings. The number of amides is 1. The molecule has 3 aliphatic heterocycles.